The first-order valence-corrected chi connectivity index (χ1v) is 6.94. The van der Waals surface area contributed by atoms with Crippen LogP contribution in [0.4, 0.5) is 0 Å². The normalized spacial score (nSPS) is 12.6. The second kappa shape index (κ2) is 6.37. The molecule has 2 aromatic rings. The maximum Gasteiger partial charge on any atom is 0.0803 e. The lowest BCUT2D eigenvalue weighted by atomic mass is 10.0. The lowest BCUT2D eigenvalue weighted by Crippen LogP contribution is -2.22. The first-order chi connectivity index (χ1) is 9.19. The molecule has 1 aromatic carbocycles. The smallest absolute Gasteiger partial charge is 0.0803 e. The molecule has 102 valence electrons. The van der Waals surface area contributed by atoms with Crippen molar-refractivity contribution in [3.8, 4) is 0 Å². The van der Waals surface area contributed by atoms with Crippen LogP contribution < -0.4 is 5.32 Å². The van der Waals surface area contributed by atoms with E-state index in [0.717, 1.165) is 24.2 Å². The Hall–Kier alpha value is -1.10. The van der Waals surface area contributed by atoms with Crippen LogP contribution in [0.3, 0.4) is 0 Å². The Balaban J connectivity index is 2.47. The predicted molar refractivity (Wildman–Crippen MR) is 77.7 cm³/mol. The summed E-state index contributed by atoms with van der Waals surface area (Å²) in [7, 11) is 1.87. The van der Waals surface area contributed by atoms with E-state index in [9.17, 15) is 0 Å². The molecule has 4 nitrogen and oxygen atoms in total. The summed E-state index contributed by atoms with van der Waals surface area (Å²) in [4.78, 5) is 0. The molecular weight excluding hydrogens is 283 g/mol. The lowest BCUT2D eigenvalue weighted by Gasteiger charge is -2.20. The summed E-state index contributed by atoms with van der Waals surface area (Å²) in [5.74, 6) is 0. The minimum absolute atomic E-state index is 0.122. The molecule has 0 spiro atoms. The second-order valence-corrected chi connectivity index (χ2v) is 5.05. The average Bonchev–Trinajstić information content (AvgIpc) is 2.83. The molecular formula is C13H16Cl2N4. The van der Waals surface area contributed by atoms with Gasteiger partial charge in [0, 0.05) is 22.2 Å². The zero-order chi connectivity index (χ0) is 13.8. The van der Waals surface area contributed by atoms with Gasteiger partial charge >= 0.3 is 0 Å². The van der Waals surface area contributed by atoms with Gasteiger partial charge in [0.1, 0.15) is 0 Å². The van der Waals surface area contributed by atoms with Crippen molar-refractivity contribution in [3.05, 3.63) is 45.7 Å². The lowest BCUT2D eigenvalue weighted by molar-refractivity contribution is 0.523. The number of nitrogens with one attached hydrogen (secondary N) is 1. The molecule has 6 heteroatoms. The first-order valence-electron chi connectivity index (χ1n) is 6.18. The van der Waals surface area contributed by atoms with Crippen LogP contribution in [-0.4, -0.2) is 22.0 Å². The number of halogens is 2. The molecule has 1 N–H and O–H groups in total. The van der Waals surface area contributed by atoms with Crippen molar-refractivity contribution >= 4 is 23.2 Å². The molecule has 0 saturated carbocycles. The maximum absolute atomic E-state index is 6.27. The van der Waals surface area contributed by atoms with E-state index in [0.29, 0.717) is 10.0 Å². The number of hydrogen-bond donors (Lipinski definition) is 1. The fraction of sp³-hybridized carbons (Fsp3) is 0.385. The molecule has 0 amide bonds. The molecule has 1 aromatic heterocycles. The highest BCUT2D eigenvalue weighted by Crippen LogP contribution is 2.33. The van der Waals surface area contributed by atoms with Crippen LogP contribution in [-0.2, 0) is 6.54 Å². The van der Waals surface area contributed by atoms with Crippen molar-refractivity contribution in [3.63, 3.8) is 0 Å². The largest absolute Gasteiger partial charge is 0.308 e. The van der Waals surface area contributed by atoms with Crippen LogP contribution in [0.15, 0.2) is 24.4 Å². The Morgan fingerprint density at radius 1 is 1.32 bits per heavy atom. The van der Waals surface area contributed by atoms with Gasteiger partial charge in [-0.2, -0.15) is 0 Å². The molecule has 1 unspecified atom stereocenters. The zero-order valence-electron chi connectivity index (χ0n) is 10.9. The van der Waals surface area contributed by atoms with Crippen LogP contribution >= 0.6 is 23.2 Å². The fourth-order valence-corrected chi connectivity index (χ4v) is 2.72. The van der Waals surface area contributed by atoms with Crippen molar-refractivity contribution in [2.75, 3.05) is 7.05 Å². The van der Waals surface area contributed by atoms with Gasteiger partial charge in [-0.05, 0) is 25.6 Å². The summed E-state index contributed by atoms with van der Waals surface area (Å²) < 4.78 is 1.88. The fourth-order valence-electron chi connectivity index (χ4n) is 2.10. The summed E-state index contributed by atoms with van der Waals surface area (Å²) in [5, 5.41) is 12.6. The van der Waals surface area contributed by atoms with Gasteiger partial charge in [0.15, 0.2) is 0 Å². The SMILES string of the molecule is CCCn1nncc1C(NC)c1c(Cl)cccc1Cl. The van der Waals surface area contributed by atoms with Gasteiger partial charge < -0.3 is 5.32 Å². The van der Waals surface area contributed by atoms with Crippen LogP contribution in [0.1, 0.15) is 30.6 Å². The molecule has 0 aliphatic carbocycles. The monoisotopic (exact) mass is 298 g/mol. The second-order valence-electron chi connectivity index (χ2n) is 4.24. The van der Waals surface area contributed by atoms with Gasteiger partial charge in [-0.25, -0.2) is 4.68 Å². The van der Waals surface area contributed by atoms with Crippen molar-refractivity contribution < 1.29 is 0 Å². The topological polar surface area (TPSA) is 42.7 Å². The maximum atomic E-state index is 6.27. The van der Waals surface area contributed by atoms with Gasteiger partial charge in [0.2, 0.25) is 0 Å². The molecule has 0 bridgehead atoms. The Morgan fingerprint density at radius 2 is 2.00 bits per heavy atom. The highest BCUT2D eigenvalue weighted by Gasteiger charge is 2.22. The van der Waals surface area contributed by atoms with Crippen molar-refractivity contribution in [1.29, 1.82) is 0 Å². The van der Waals surface area contributed by atoms with Gasteiger partial charge in [-0.15, -0.1) is 5.10 Å². The van der Waals surface area contributed by atoms with Gasteiger partial charge in [-0.3, -0.25) is 0 Å². The molecule has 2 rings (SSSR count). The van der Waals surface area contributed by atoms with Crippen LogP contribution in [0.2, 0.25) is 10.0 Å². The van der Waals surface area contributed by atoms with E-state index in [-0.39, 0.29) is 6.04 Å². The van der Waals surface area contributed by atoms with E-state index >= 15 is 0 Å². The Bertz CT molecular complexity index is 533. The summed E-state index contributed by atoms with van der Waals surface area (Å²) in [6.45, 7) is 2.91. The van der Waals surface area contributed by atoms with E-state index in [1.54, 1.807) is 6.20 Å². The quantitative estimate of drug-likeness (QED) is 0.921. The highest BCUT2D eigenvalue weighted by molar-refractivity contribution is 6.36. The molecule has 0 fully saturated rings. The van der Waals surface area contributed by atoms with Crippen LogP contribution in [0, 0.1) is 0 Å². The van der Waals surface area contributed by atoms with E-state index < -0.39 is 0 Å². The summed E-state index contributed by atoms with van der Waals surface area (Å²) in [6.07, 6.45) is 2.74. The molecule has 0 saturated heterocycles. The van der Waals surface area contributed by atoms with E-state index in [1.807, 2.05) is 29.9 Å². The standard InChI is InChI=1S/C13H16Cl2N4/c1-3-7-19-11(8-17-18-19)13(16-2)12-9(14)5-4-6-10(12)15/h4-6,8,13,16H,3,7H2,1-2H3. The number of aryl methyl sites for hydroxylation is 1. The Morgan fingerprint density at radius 3 is 2.58 bits per heavy atom. The number of hydrogen-bond acceptors (Lipinski definition) is 3. The van der Waals surface area contributed by atoms with Crippen molar-refractivity contribution in [2.24, 2.45) is 0 Å². The third-order valence-electron chi connectivity index (χ3n) is 2.96. The summed E-state index contributed by atoms with van der Waals surface area (Å²) >= 11 is 12.5. The van der Waals surface area contributed by atoms with E-state index in [4.69, 9.17) is 23.2 Å². The van der Waals surface area contributed by atoms with Crippen LogP contribution in [0.25, 0.3) is 0 Å². The average molecular weight is 299 g/mol. The minimum Gasteiger partial charge on any atom is -0.308 e. The van der Waals surface area contributed by atoms with Crippen molar-refractivity contribution in [2.45, 2.75) is 25.9 Å². The molecule has 19 heavy (non-hydrogen) atoms. The van der Waals surface area contributed by atoms with Gasteiger partial charge in [0.25, 0.3) is 0 Å². The predicted octanol–water partition coefficient (Wildman–Crippen LogP) is 3.30. The molecule has 0 aliphatic rings. The number of rotatable bonds is 5. The molecule has 1 heterocycles. The van der Waals surface area contributed by atoms with Gasteiger partial charge in [-0.1, -0.05) is 41.4 Å². The molecule has 1 atom stereocenters. The highest BCUT2D eigenvalue weighted by atomic mass is 35.5. The Labute approximate surface area is 122 Å². The van der Waals surface area contributed by atoms with E-state index in [2.05, 4.69) is 22.6 Å². The minimum atomic E-state index is -0.122. The number of aromatic nitrogens is 3. The Kier molecular flexibility index (Phi) is 4.80. The van der Waals surface area contributed by atoms with E-state index in [1.165, 1.54) is 0 Å². The number of nitrogens with zero attached hydrogens (tertiary/aromatic N) is 3. The van der Waals surface area contributed by atoms with Crippen LogP contribution in [0.5, 0.6) is 0 Å². The number of benzene rings is 1. The summed E-state index contributed by atoms with van der Waals surface area (Å²) in [6, 6.07) is 5.38. The van der Waals surface area contributed by atoms with Gasteiger partial charge in [0.05, 0.1) is 17.9 Å². The van der Waals surface area contributed by atoms with Crippen molar-refractivity contribution in [1.82, 2.24) is 20.3 Å². The molecule has 0 radical (unpaired) electrons. The zero-order valence-corrected chi connectivity index (χ0v) is 12.4. The third kappa shape index (κ3) is 2.91. The first kappa shape index (κ1) is 14.3. The molecule has 0 aliphatic heterocycles. The summed E-state index contributed by atoms with van der Waals surface area (Å²) in [5.41, 5.74) is 1.81. The third-order valence-corrected chi connectivity index (χ3v) is 3.62.